The van der Waals surface area contributed by atoms with Gasteiger partial charge >= 0.3 is 0 Å². The maximum Gasteiger partial charge on any atom is 0.123 e. The minimum atomic E-state index is -1.31. The van der Waals surface area contributed by atoms with Gasteiger partial charge in [-0.3, -0.25) is 9.99 Å². The molecule has 6 rings (SSSR count). The summed E-state index contributed by atoms with van der Waals surface area (Å²) in [6, 6.07) is 23.9. The predicted molar refractivity (Wildman–Crippen MR) is 166 cm³/mol. The zero-order chi connectivity index (χ0) is 30.0. The predicted octanol–water partition coefficient (Wildman–Crippen LogP) is 6.12. The fourth-order valence-corrected chi connectivity index (χ4v) is 5.54. The minimum absolute atomic E-state index is 0.242. The Labute approximate surface area is 255 Å². The van der Waals surface area contributed by atoms with E-state index in [1.54, 1.807) is 18.2 Å². The Hall–Kier alpha value is -4.77. The molecule has 1 saturated carbocycles. The number of hydrogen-bond donors (Lipinski definition) is 4. The Balaban J connectivity index is 1.44. The molecule has 0 spiro atoms. The number of pyridine rings is 1. The zero-order valence-electron chi connectivity index (χ0n) is 23.1. The summed E-state index contributed by atoms with van der Waals surface area (Å²) in [5.41, 5.74) is 9.20. The van der Waals surface area contributed by atoms with Crippen LogP contribution in [-0.4, -0.2) is 23.9 Å². The maximum atomic E-state index is 13.9. The molecule has 2 heterocycles. The highest BCUT2D eigenvalue weighted by atomic mass is 35.5. The fraction of sp³-hybridized carbons (Fsp3) is 0.219. The van der Waals surface area contributed by atoms with E-state index in [1.807, 2.05) is 47.6 Å². The van der Waals surface area contributed by atoms with Crippen molar-refractivity contribution in [3.05, 3.63) is 112 Å². The topological polar surface area (TPSA) is 112 Å². The number of hydrazine groups is 2. The van der Waals surface area contributed by atoms with Gasteiger partial charge in [-0.05, 0) is 54.7 Å². The summed E-state index contributed by atoms with van der Waals surface area (Å²) < 4.78 is 13.9. The molecule has 1 aliphatic heterocycles. The lowest BCUT2D eigenvalue weighted by Crippen LogP contribution is -2.45. The first-order valence-electron chi connectivity index (χ1n) is 14.0. The lowest BCUT2D eigenvalue weighted by Gasteiger charge is -2.34. The molecule has 3 aromatic carbocycles. The lowest BCUT2D eigenvalue weighted by atomic mass is 9.69. The second kappa shape index (κ2) is 11.8. The van der Waals surface area contributed by atoms with Crippen LogP contribution in [0.2, 0.25) is 5.02 Å². The maximum absolute atomic E-state index is 13.9. The Morgan fingerprint density at radius 1 is 1.14 bits per heavy atom. The summed E-state index contributed by atoms with van der Waals surface area (Å²) in [4.78, 5) is 4.49. The third kappa shape index (κ3) is 5.81. The van der Waals surface area contributed by atoms with E-state index in [0.29, 0.717) is 63.0 Å². The van der Waals surface area contributed by atoms with Gasteiger partial charge < -0.3 is 16.1 Å². The van der Waals surface area contributed by atoms with Crippen LogP contribution in [0.1, 0.15) is 48.4 Å². The quantitative estimate of drug-likeness (QED) is 0.164. The SMILES string of the molecule is [B]C(Nc1cc(Cl)c2ncc(C#N)c(N[C@H](CCC#N)c3ccccc3)c2c1)(C1=CN(C2CC2)NN1)c1ccc(F)cc1. The monoisotopic (exact) mass is 588 g/mol. The summed E-state index contributed by atoms with van der Waals surface area (Å²) in [6.45, 7) is 0. The Morgan fingerprint density at radius 2 is 1.91 bits per heavy atom. The fourth-order valence-electron chi connectivity index (χ4n) is 5.28. The van der Waals surface area contributed by atoms with Gasteiger partial charge in [-0.25, -0.2) is 4.39 Å². The second-order valence-corrected chi connectivity index (χ2v) is 11.1. The first-order chi connectivity index (χ1) is 20.9. The first kappa shape index (κ1) is 28.4. The Bertz CT molecular complexity index is 1770. The molecule has 43 heavy (non-hydrogen) atoms. The van der Waals surface area contributed by atoms with Crippen LogP contribution in [0.3, 0.4) is 0 Å². The van der Waals surface area contributed by atoms with Crippen molar-refractivity contribution < 1.29 is 4.39 Å². The van der Waals surface area contributed by atoms with Crippen molar-refractivity contribution in [2.75, 3.05) is 10.6 Å². The molecule has 2 radical (unpaired) electrons. The molecule has 8 nitrogen and oxygen atoms in total. The molecule has 212 valence electrons. The van der Waals surface area contributed by atoms with Gasteiger partial charge in [-0.2, -0.15) is 10.5 Å². The number of nitrogens with zero attached hydrogens (tertiary/aromatic N) is 4. The third-order valence-corrected chi connectivity index (χ3v) is 7.99. The van der Waals surface area contributed by atoms with Gasteiger partial charge in [0.2, 0.25) is 0 Å². The largest absolute Gasteiger partial charge is 0.378 e. The van der Waals surface area contributed by atoms with E-state index in [0.717, 1.165) is 18.4 Å². The van der Waals surface area contributed by atoms with Crippen molar-refractivity contribution in [1.29, 1.82) is 10.5 Å². The van der Waals surface area contributed by atoms with Crippen LogP contribution in [-0.2, 0) is 5.44 Å². The number of anilines is 2. The minimum Gasteiger partial charge on any atom is -0.378 e. The zero-order valence-corrected chi connectivity index (χ0v) is 23.9. The van der Waals surface area contributed by atoms with Gasteiger partial charge in [0.25, 0.3) is 0 Å². The number of nitrogens with one attached hydrogen (secondary N) is 4. The van der Waals surface area contributed by atoms with E-state index in [2.05, 4.69) is 38.7 Å². The Morgan fingerprint density at radius 3 is 2.60 bits per heavy atom. The van der Waals surface area contributed by atoms with Crippen molar-refractivity contribution in [3.63, 3.8) is 0 Å². The highest BCUT2D eigenvalue weighted by Crippen LogP contribution is 2.39. The van der Waals surface area contributed by atoms with E-state index in [9.17, 15) is 14.9 Å². The van der Waals surface area contributed by atoms with Crippen molar-refractivity contribution >= 4 is 41.7 Å². The molecule has 4 N–H and O–H groups in total. The number of fused-ring (bicyclic) bond motifs is 1. The molecule has 0 bridgehead atoms. The molecule has 1 aromatic heterocycles. The molecule has 0 amide bonds. The van der Waals surface area contributed by atoms with E-state index in [1.165, 1.54) is 18.3 Å². The highest BCUT2D eigenvalue weighted by molar-refractivity contribution is 6.36. The number of rotatable bonds is 10. The Kier molecular flexibility index (Phi) is 7.81. The molecule has 11 heteroatoms. The van der Waals surface area contributed by atoms with Gasteiger partial charge in [0.1, 0.15) is 19.7 Å². The molecule has 0 saturated heterocycles. The van der Waals surface area contributed by atoms with E-state index >= 15 is 0 Å². The van der Waals surface area contributed by atoms with Crippen LogP contribution in [0.5, 0.6) is 0 Å². The molecule has 1 fully saturated rings. The number of aromatic nitrogens is 1. The number of halogens is 2. The van der Waals surface area contributed by atoms with Gasteiger partial charge in [0.15, 0.2) is 0 Å². The smallest absolute Gasteiger partial charge is 0.123 e. The average molecular weight is 589 g/mol. The van der Waals surface area contributed by atoms with E-state index in [-0.39, 0.29) is 11.9 Å². The second-order valence-electron chi connectivity index (χ2n) is 10.7. The van der Waals surface area contributed by atoms with Gasteiger partial charge in [-0.1, -0.05) is 54.1 Å². The number of hydrogen-bond acceptors (Lipinski definition) is 8. The van der Waals surface area contributed by atoms with Crippen LogP contribution < -0.4 is 21.6 Å². The molecule has 4 aromatic rings. The molecular weight excluding hydrogens is 562 g/mol. The molecule has 2 aliphatic rings. The van der Waals surface area contributed by atoms with Crippen LogP contribution in [0.25, 0.3) is 10.9 Å². The van der Waals surface area contributed by atoms with Crippen LogP contribution in [0.4, 0.5) is 15.8 Å². The molecular formula is C32H27BClFN8. The molecule has 1 aliphatic carbocycles. The lowest BCUT2D eigenvalue weighted by molar-refractivity contribution is 0.260. The van der Waals surface area contributed by atoms with Gasteiger partial charge in [0, 0.05) is 35.9 Å². The molecule has 1 unspecified atom stereocenters. The van der Waals surface area contributed by atoms with Crippen molar-refractivity contribution in [2.45, 2.75) is 43.2 Å². The summed E-state index contributed by atoms with van der Waals surface area (Å²) in [7, 11) is 7.10. The standard InChI is InChI=1S/C32H27BClFN8/c33-32(22-8-10-23(35)11-9-22,29-19-43(42-41-29)25-12-13-25)40-24-15-26-30(21(17-37)18-38-31(26)27(34)16-24)39-28(7-4-14-36)20-5-2-1-3-6-20/h1-3,5-6,8-11,15-16,18-19,25,28,40-42H,4,7,12-13H2,(H,38,39)/t28-,32?/m1/s1. The van der Waals surface area contributed by atoms with Crippen molar-refractivity contribution in [1.82, 2.24) is 21.0 Å². The third-order valence-electron chi connectivity index (χ3n) is 7.70. The summed E-state index contributed by atoms with van der Waals surface area (Å²) in [5, 5.41) is 29.2. The normalized spacial score (nSPS) is 16.4. The first-order valence-corrected chi connectivity index (χ1v) is 14.3. The van der Waals surface area contributed by atoms with Gasteiger partial charge in [0.05, 0.1) is 45.0 Å². The van der Waals surface area contributed by atoms with Crippen LogP contribution >= 0.6 is 11.6 Å². The highest BCUT2D eigenvalue weighted by Gasteiger charge is 2.37. The summed E-state index contributed by atoms with van der Waals surface area (Å²) >= 11 is 6.80. The summed E-state index contributed by atoms with van der Waals surface area (Å²) in [6.07, 6.45) is 6.41. The van der Waals surface area contributed by atoms with Crippen LogP contribution in [0, 0.1) is 28.5 Å². The summed E-state index contributed by atoms with van der Waals surface area (Å²) in [5.74, 6) is -0.374. The van der Waals surface area contributed by atoms with Crippen LogP contribution in [0.15, 0.2) is 84.8 Å². The van der Waals surface area contributed by atoms with E-state index in [4.69, 9.17) is 19.4 Å². The number of nitriles is 2. The number of benzene rings is 3. The molecule has 2 atom stereocenters. The van der Waals surface area contributed by atoms with Crippen molar-refractivity contribution in [2.24, 2.45) is 0 Å². The average Bonchev–Trinajstić information content (AvgIpc) is 3.75. The van der Waals surface area contributed by atoms with Gasteiger partial charge in [-0.15, -0.1) is 5.53 Å². The van der Waals surface area contributed by atoms with E-state index < -0.39 is 5.44 Å². The van der Waals surface area contributed by atoms with Crippen molar-refractivity contribution in [3.8, 4) is 12.1 Å².